The molecule has 5 nitrogen and oxygen atoms in total. The molecule has 1 N–H and O–H groups in total. The number of aryl methyl sites for hydroxylation is 1. The molecular formula is C21H26N4O. The first kappa shape index (κ1) is 18.3. The summed E-state index contributed by atoms with van der Waals surface area (Å²) in [7, 11) is 0. The molecular weight excluding hydrogens is 324 g/mol. The summed E-state index contributed by atoms with van der Waals surface area (Å²) in [6.07, 6.45) is 1.68. The Morgan fingerprint density at radius 2 is 1.65 bits per heavy atom. The summed E-state index contributed by atoms with van der Waals surface area (Å²) in [6.45, 7) is 7.18. The molecule has 26 heavy (non-hydrogen) atoms. The Morgan fingerprint density at radius 3 is 2.35 bits per heavy atom. The SMILES string of the molecule is Cc1ccc(/C=N/NC(=O)CN2CCN(Cc3ccccc3)CC2)cc1. The van der Waals surface area contributed by atoms with Crippen LogP contribution in [0, 0.1) is 6.92 Å². The van der Waals surface area contributed by atoms with E-state index in [0.29, 0.717) is 6.54 Å². The van der Waals surface area contributed by atoms with Crippen LogP contribution in [0.3, 0.4) is 0 Å². The minimum atomic E-state index is -0.0649. The molecule has 5 heteroatoms. The third-order valence-electron chi connectivity index (χ3n) is 4.56. The van der Waals surface area contributed by atoms with E-state index in [1.54, 1.807) is 6.21 Å². The highest BCUT2D eigenvalue weighted by Crippen LogP contribution is 2.08. The smallest absolute Gasteiger partial charge is 0.254 e. The molecule has 0 radical (unpaired) electrons. The molecule has 0 atom stereocenters. The molecule has 2 aromatic carbocycles. The molecule has 1 aliphatic heterocycles. The minimum Gasteiger partial charge on any atom is -0.297 e. The van der Waals surface area contributed by atoms with Crippen molar-refractivity contribution >= 4 is 12.1 Å². The van der Waals surface area contributed by atoms with Crippen LogP contribution in [0.2, 0.25) is 0 Å². The monoisotopic (exact) mass is 350 g/mol. The number of nitrogens with one attached hydrogen (secondary N) is 1. The van der Waals surface area contributed by atoms with Gasteiger partial charge in [0.15, 0.2) is 0 Å². The zero-order valence-corrected chi connectivity index (χ0v) is 15.3. The molecule has 1 fully saturated rings. The highest BCUT2D eigenvalue weighted by molar-refractivity contribution is 5.83. The summed E-state index contributed by atoms with van der Waals surface area (Å²) < 4.78 is 0. The standard InChI is InChI=1S/C21H26N4O/c1-18-7-9-19(10-8-18)15-22-23-21(26)17-25-13-11-24(12-14-25)16-20-5-3-2-4-6-20/h2-10,15H,11-14,16-17H2,1H3,(H,23,26)/b22-15+. The Bertz CT molecular complexity index is 719. The van der Waals surface area contributed by atoms with Gasteiger partial charge < -0.3 is 0 Å². The van der Waals surface area contributed by atoms with Gasteiger partial charge in [0, 0.05) is 32.7 Å². The van der Waals surface area contributed by atoms with Gasteiger partial charge in [-0.15, -0.1) is 0 Å². The van der Waals surface area contributed by atoms with Crippen LogP contribution in [-0.4, -0.2) is 54.6 Å². The Hall–Kier alpha value is -2.50. The van der Waals surface area contributed by atoms with Gasteiger partial charge in [-0.1, -0.05) is 60.2 Å². The number of nitrogens with zero attached hydrogens (tertiary/aromatic N) is 3. The molecule has 0 aliphatic carbocycles. The minimum absolute atomic E-state index is 0.0649. The van der Waals surface area contributed by atoms with Crippen LogP contribution in [0.5, 0.6) is 0 Å². The van der Waals surface area contributed by atoms with Gasteiger partial charge in [-0.25, -0.2) is 5.43 Å². The van der Waals surface area contributed by atoms with E-state index in [9.17, 15) is 4.79 Å². The largest absolute Gasteiger partial charge is 0.297 e. The maximum atomic E-state index is 12.0. The van der Waals surface area contributed by atoms with Gasteiger partial charge >= 0.3 is 0 Å². The topological polar surface area (TPSA) is 47.9 Å². The van der Waals surface area contributed by atoms with Crippen molar-refractivity contribution < 1.29 is 4.79 Å². The number of amides is 1. The average molecular weight is 350 g/mol. The van der Waals surface area contributed by atoms with Gasteiger partial charge in [-0.05, 0) is 18.1 Å². The lowest BCUT2D eigenvalue weighted by atomic mass is 10.2. The number of hydrazone groups is 1. The van der Waals surface area contributed by atoms with E-state index in [1.165, 1.54) is 11.1 Å². The third kappa shape index (κ3) is 5.79. The summed E-state index contributed by atoms with van der Waals surface area (Å²) in [5.41, 5.74) is 6.14. The third-order valence-corrected chi connectivity index (χ3v) is 4.56. The molecule has 0 spiro atoms. The lowest BCUT2D eigenvalue weighted by Gasteiger charge is -2.34. The van der Waals surface area contributed by atoms with Crippen LogP contribution in [-0.2, 0) is 11.3 Å². The first-order valence-corrected chi connectivity index (χ1v) is 9.06. The molecule has 1 saturated heterocycles. The Labute approximate surface area is 155 Å². The van der Waals surface area contributed by atoms with Gasteiger partial charge in [-0.3, -0.25) is 14.6 Å². The lowest BCUT2D eigenvalue weighted by molar-refractivity contribution is -0.122. The van der Waals surface area contributed by atoms with Crippen LogP contribution in [0.25, 0.3) is 0 Å². The molecule has 1 aliphatic rings. The highest BCUT2D eigenvalue weighted by Gasteiger charge is 2.18. The summed E-state index contributed by atoms with van der Waals surface area (Å²) >= 11 is 0. The van der Waals surface area contributed by atoms with Crippen molar-refractivity contribution in [3.63, 3.8) is 0 Å². The first-order chi connectivity index (χ1) is 12.7. The number of hydrogen-bond acceptors (Lipinski definition) is 4. The predicted molar refractivity (Wildman–Crippen MR) is 105 cm³/mol. The molecule has 0 unspecified atom stereocenters. The quantitative estimate of drug-likeness (QED) is 0.642. The van der Waals surface area contributed by atoms with E-state index in [1.807, 2.05) is 37.3 Å². The molecule has 0 bridgehead atoms. The number of rotatable bonds is 6. The lowest BCUT2D eigenvalue weighted by Crippen LogP contribution is -2.48. The molecule has 2 aromatic rings. The van der Waals surface area contributed by atoms with Crippen LogP contribution in [0.15, 0.2) is 59.7 Å². The van der Waals surface area contributed by atoms with E-state index in [4.69, 9.17) is 0 Å². The van der Waals surface area contributed by atoms with Gasteiger partial charge in [0.25, 0.3) is 5.91 Å². The molecule has 0 saturated carbocycles. The second-order valence-electron chi connectivity index (χ2n) is 6.74. The fourth-order valence-electron chi connectivity index (χ4n) is 3.02. The molecule has 1 amide bonds. The fraction of sp³-hybridized carbons (Fsp3) is 0.333. The van der Waals surface area contributed by atoms with Crippen LogP contribution in [0.4, 0.5) is 0 Å². The van der Waals surface area contributed by atoms with Crippen molar-refractivity contribution in [1.82, 2.24) is 15.2 Å². The molecule has 136 valence electrons. The van der Waals surface area contributed by atoms with Crippen molar-refractivity contribution in [3.8, 4) is 0 Å². The predicted octanol–water partition coefficient (Wildman–Crippen LogP) is 2.26. The first-order valence-electron chi connectivity index (χ1n) is 9.06. The van der Waals surface area contributed by atoms with E-state index < -0.39 is 0 Å². The number of piperazine rings is 1. The summed E-state index contributed by atoms with van der Waals surface area (Å²) in [5, 5.41) is 4.05. The summed E-state index contributed by atoms with van der Waals surface area (Å²) in [5.74, 6) is -0.0649. The van der Waals surface area contributed by atoms with Crippen molar-refractivity contribution in [2.75, 3.05) is 32.7 Å². The molecule has 1 heterocycles. The second-order valence-corrected chi connectivity index (χ2v) is 6.74. The van der Waals surface area contributed by atoms with E-state index in [-0.39, 0.29) is 5.91 Å². The van der Waals surface area contributed by atoms with E-state index >= 15 is 0 Å². The summed E-state index contributed by atoms with van der Waals surface area (Å²) in [4.78, 5) is 16.7. The zero-order chi connectivity index (χ0) is 18.2. The van der Waals surface area contributed by atoms with E-state index in [2.05, 4.69) is 44.6 Å². The Morgan fingerprint density at radius 1 is 1.00 bits per heavy atom. The van der Waals surface area contributed by atoms with Crippen molar-refractivity contribution in [3.05, 3.63) is 71.3 Å². The van der Waals surface area contributed by atoms with Crippen LogP contribution < -0.4 is 5.43 Å². The Kier molecular flexibility index (Phi) is 6.52. The van der Waals surface area contributed by atoms with Gasteiger partial charge in [0.05, 0.1) is 12.8 Å². The number of carbonyl (C=O) groups excluding carboxylic acids is 1. The molecule has 0 aromatic heterocycles. The summed E-state index contributed by atoms with van der Waals surface area (Å²) in [6, 6.07) is 18.5. The Balaban J connectivity index is 1.37. The zero-order valence-electron chi connectivity index (χ0n) is 15.3. The van der Waals surface area contributed by atoms with Gasteiger partial charge in [0.2, 0.25) is 0 Å². The molecule has 3 rings (SSSR count). The normalized spacial score (nSPS) is 16.0. The second kappa shape index (κ2) is 9.27. The maximum absolute atomic E-state index is 12.0. The van der Waals surface area contributed by atoms with Crippen LogP contribution in [0.1, 0.15) is 16.7 Å². The maximum Gasteiger partial charge on any atom is 0.254 e. The number of hydrogen-bond donors (Lipinski definition) is 1. The number of benzene rings is 2. The van der Waals surface area contributed by atoms with Crippen molar-refractivity contribution in [1.29, 1.82) is 0 Å². The van der Waals surface area contributed by atoms with Gasteiger partial charge in [-0.2, -0.15) is 5.10 Å². The number of carbonyl (C=O) groups is 1. The highest BCUT2D eigenvalue weighted by atomic mass is 16.2. The van der Waals surface area contributed by atoms with Crippen molar-refractivity contribution in [2.45, 2.75) is 13.5 Å². The van der Waals surface area contributed by atoms with Crippen molar-refractivity contribution in [2.24, 2.45) is 5.10 Å². The average Bonchev–Trinajstić information content (AvgIpc) is 2.66. The van der Waals surface area contributed by atoms with Gasteiger partial charge in [0.1, 0.15) is 0 Å². The van der Waals surface area contributed by atoms with Crippen LogP contribution >= 0.6 is 0 Å². The fourth-order valence-corrected chi connectivity index (χ4v) is 3.02. The van der Waals surface area contributed by atoms with E-state index in [0.717, 1.165) is 38.3 Å².